The molecule has 6 aromatic rings. The lowest BCUT2D eigenvalue weighted by atomic mass is 9.83. The summed E-state index contributed by atoms with van der Waals surface area (Å²) >= 11 is 38.9. The van der Waals surface area contributed by atoms with Crippen molar-refractivity contribution < 1.29 is 68.1 Å². The number of likely N-dealkylation sites (N-methyl/N-ethyl adjacent to an activating group) is 3. The highest BCUT2D eigenvalue weighted by Crippen LogP contribution is 2.42. The Balaban J connectivity index is 0.651. The number of nitrogens with two attached hydrogens (primary N) is 1. The topological polar surface area (TPSA) is 305 Å². The minimum atomic E-state index is -3.87. The van der Waals surface area contributed by atoms with E-state index in [0.29, 0.717) is 75.8 Å². The van der Waals surface area contributed by atoms with Gasteiger partial charge in [-0.2, -0.15) is 0 Å². The van der Waals surface area contributed by atoms with Crippen molar-refractivity contribution in [2.45, 2.75) is 109 Å². The van der Waals surface area contributed by atoms with Crippen molar-refractivity contribution >= 4 is 117 Å². The van der Waals surface area contributed by atoms with Crippen molar-refractivity contribution in [2.24, 2.45) is 5.73 Å². The Bertz CT molecular complexity index is 4020. The van der Waals surface area contributed by atoms with Crippen LogP contribution in [0.15, 0.2) is 124 Å². The second-order valence-corrected chi connectivity index (χ2v) is 35.7. The van der Waals surface area contributed by atoms with Crippen LogP contribution in [0.3, 0.4) is 0 Å². The summed E-state index contributed by atoms with van der Waals surface area (Å²) in [5.74, 6) is -1.07. The molecule has 0 aliphatic carbocycles. The van der Waals surface area contributed by atoms with Gasteiger partial charge in [-0.3, -0.25) is 14.4 Å². The largest absolute Gasteiger partial charge is 0.379 e. The predicted octanol–water partition coefficient (Wildman–Crippen LogP) is 10.3. The lowest BCUT2D eigenvalue weighted by Gasteiger charge is -2.33. The standard InChI is InChI=1S/C77H99Cl6N9O15S3/c1-90-47-66(63-41-56(78)44-72(81)69(63)50-90)53-8-4-12-60(38-53)108(96,97)87-23-29-105-33-32-102-26-7-11-59(93)15-18-77(84,19-16-75(94)85-21-27-103-34-36-106-30-24-88-109(98,99)61-13-5-9-54(39-61)67-48-91(2)51-70-64(67)42-57(79)45-73(70)82)20-17-76(95)86-22-28-104-35-37-107-31-25-89-110(100,101)62-14-6-10-55(40-62)68-49-92(3)52-71-65(68)43-58(80)46-74(71)83/h4-6,8-10,12-14,38-46,66-68,87-89H,7,11,15-37,47-52,84H2,1-3H3,(H,85,94)(H,86,95)/t66-,67-,68-/m0/s1. The summed E-state index contributed by atoms with van der Waals surface area (Å²) in [4.78, 5) is 46.4. The van der Waals surface area contributed by atoms with Gasteiger partial charge in [-0.1, -0.05) is 106 Å². The van der Waals surface area contributed by atoms with Gasteiger partial charge < -0.3 is 59.5 Å². The molecule has 602 valence electrons. The molecule has 0 saturated heterocycles. The Morgan fingerprint density at radius 3 is 1.04 bits per heavy atom. The van der Waals surface area contributed by atoms with E-state index in [1.54, 1.807) is 72.8 Å². The number of benzene rings is 6. The molecule has 110 heavy (non-hydrogen) atoms. The van der Waals surface area contributed by atoms with E-state index in [1.165, 1.54) is 0 Å². The van der Waals surface area contributed by atoms with E-state index in [2.05, 4.69) is 39.5 Å². The minimum absolute atomic E-state index is 0.0127. The molecule has 7 N–H and O–H groups in total. The van der Waals surface area contributed by atoms with E-state index >= 15 is 0 Å². The summed E-state index contributed by atoms with van der Waals surface area (Å²) in [5, 5.41) is 8.92. The van der Waals surface area contributed by atoms with Crippen molar-refractivity contribution in [2.75, 3.05) is 153 Å². The Kier molecular flexibility index (Phi) is 34.8. The molecule has 3 heterocycles. The molecule has 0 bridgehead atoms. The number of Topliss-reactive ketones (excluding diaryl/α,β-unsaturated/α-hetero) is 1. The maximum atomic E-state index is 13.4. The van der Waals surface area contributed by atoms with Crippen LogP contribution in [0.5, 0.6) is 0 Å². The fraction of sp³-hybridized carbons (Fsp3) is 0.494. The number of carbonyl (C=O) groups excluding carboxylic acids is 3. The van der Waals surface area contributed by atoms with Crippen molar-refractivity contribution in [1.82, 2.24) is 39.5 Å². The Morgan fingerprint density at radius 1 is 0.409 bits per heavy atom. The Morgan fingerprint density at radius 2 is 0.709 bits per heavy atom. The number of amides is 2. The van der Waals surface area contributed by atoms with Crippen LogP contribution in [0.4, 0.5) is 0 Å². The smallest absolute Gasteiger partial charge is 0.240 e. The maximum Gasteiger partial charge on any atom is 0.240 e. The molecule has 3 aliphatic rings. The zero-order valence-electron chi connectivity index (χ0n) is 62.1. The molecular formula is C77H99Cl6N9O15S3. The first-order valence-electron chi connectivity index (χ1n) is 36.7. The molecule has 2 amide bonds. The highest BCUT2D eigenvalue weighted by molar-refractivity contribution is 7.90. The summed E-state index contributed by atoms with van der Waals surface area (Å²) < 4.78 is 122. The van der Waals surface area contributed by atoms with Gasteiger partial charge in [-0.05, 0) is 170 Å². The molecular weight excluding hydrogens is 1600 g/mol. The van der Waals surface area contributed by atoms with Crippen LogP contribution in [0, 0.1) is 0 Å². The SMILES string of the molecule is CN1Cc2c(Cl)cc(Cl)cc2[C@H](c2cccc(S(=O)(=O)NCCOCCOCCCC(=O)CCC(N)(CCC(=O)NCCOCCOCCNS(=O)(=O)c3cccc([C@@H]4CN(C)Cc5c(Cl)cc(Cl)cc54)c3)CCC(=O)NCCOCCOCCNS(=O)(=O)c3cccc([C@@H]4CN(C)Cc5c(Cl)cc(Cl)cc54)c3)c2)C1. The molecule has 0 spiro atoms. The number of carbonyl (C=O) groups is 3. The quantitative estimate of drug-likeness (QED) is 0.0194. The van der Waals surface area contributed by atoms with E-state index in [4.69, 9.17) is 104 Å². The van der Waals surface area contributed by atoms with Crippen molar-refractivity contribution in [3.63, 3.8) is 0 Å². The van der Waals surface area contributed by atoms with E-state index in [-0.39, 0.29) is 207 Å². The van der Waals surface area contributed by atoms with Gasteiger partial charge in [0.2, 0.25) is 41.9 Å². The van der Waals surface area contributed by atoms with Crippen LogP contribution < -0.4 is 30.5 Å². The van der Waals surface area contributed by atoms with Gasteiger partial charge in [0.15, 0.2) is 0 Å². The first-order chi connectivity index (χ1) is 52.6. The molecule has 0 saturated carbocycles. The zero-order chi connectivity index (χ0) is 79.0. The number of sulfonamides is 3. The second-order valence-electron chi connectivity index (χ2n) is 27.9. The van der Waals surface area contributed by atoms with Gasteiger partial charge >= 0.3 is 0 Å². The van der Waals surface area contributed by atoms with Gasteiger partial charge in [0.1, 0.15) is 5.78 Å². The highest BCUT2D eigenvalue weighted by Gasteiger charge is 2.33. The summed E-state index contributed by atoms with van der Waals surface area (Å²) in [5.41, 5.74) is 14.2. The second kappa shape index (κ2) is 43.1. The molecule has 3 aliphatic heterocycles. The van der Waals surface area contributed by atoms with E-state index < -0.39 is 35.6 Å². The summed E-state index contributed by atoms with van der Waals surface area (Å²) in [7, 11) is -5.65. The van der Waals surface area contributed by atoms with Crippen molar-refractivity contribution in [3.05, 3.63) is 189 Å². The average molecular weight is 1700 g/mol. The minimum Gasteiger partial charge on any atom is -0.379 e. The number of hydrogen-bond donors (Lipinski definition) is 6. The van der Waals surface area contributed by atoms with Crippen LogP contribution >= 0.6 is 69.6 Å². The number of hydrogen-bond acceptors (Lipinski definition) is 19. The van der Waals surface area contributed by atoms with E-state index in [0.717, 1.165) is 50.1 Å². The van der Waals surface area contributed by atoms with Crippen LogP contribution in [0.25, 0.3) is 0 Å². The molecule has 6 aromatic carbocycles. The summed E-state index contributed by atoms with van der Waals surface area (Å²) in [6, 6.07) is 31.3. The van der Waals surface area contributed by atoms with Crippen LogP contribution in [0.2, 0.25) is 30.1 Å². The zero-order valence-corrected chi connectivity index (χ0v) is 69.1. The van der Waals surface area contributed by atoms with Gasteiger partial charge in [-0.25, -0.2) is 39.4 Å². The fourth-order valence-corrected chi connectivity index (χ4v) is 18.6. The Hall–Kier alpha value is -5.00. The fourth-order valence-electron chi connectivity index (χ4n) is 13.7. The number of nitrogens with zero attached hydrogens (tertiary/aromatic N) is 3. The third-order valence-corrected chi connectivity index (χ3v) is 25.4. The summed E-state index contributed by atoms with van der Waals surface area (Å²) in [6.07, 6.45) is 1.32. The van der Waals surface area contributed by atoms with Crippen LogP contribution in [0.1, 0.15) is 119 Å². The molecule has 3 atom stereocenters. The lowest BCUT2D eigenvalue weighted by molar-refractivity contribution is -0.121. The predicted molar refractivity (Wildman–Crippen MR) is 429 cm³/mol. The maximum absolute atomic E-state index is 13.4. The molecule has 0 aromatic heterocycles. The van der Waals surface area contributed by atoms with Gasteiger partial charge in [-0.15, -0.1) is 0 Å². The van der Waals surface area contributed by atoms with E-state index in [1.807, 2.05) is 57.5 Å². The molecule has 0 fully saturated rings. The number of rotatable bonds is 46. The molecule has 9 rings (SSSR count). The third-order valence-electron chi connectivity index (χ3n) is 19.4. The van der Waals surface area contributed by atoms with Crippen molar-refractivity contribution in [1.29, 1.82) is 0 Å². The molecule has 24 nitrogen and oxygen atoms in total. The third kappa shape index (κ3) is 27.1. The highest BCUT2D eigenvalue weighted by atomic mass is 35.5. The monoisotopic (exact) mass is 1700 g/mol. The first kappa shape index (κ1) is 88.9. The number of ether oxygens (including phenoxy) is 6. The number of halogens is 6. The summed E-state index contributed by atoms with van der Waals surface area (Å²) in [6.45, 7) is 6.39. The van der Waals surface area contributed by atoms with Crippen molar-refractivity contribution in [3.8, 4) is 0 Å². The molecule has 0 radical (unpaired) electrons. The lowest BCUT2D eigenvalue weighted by Crippen LogP contribution is -2.43. The number of ketones is 1. The average Bonchev–Trinajstić information content (AvgIpc) is 0.782. The number of fused-ring (bicyclic) bond motifs is 3. The van der Waals surface area contributed by atoms with Crippen LogP contribution in [-0.2, 0) is 92.5 Å². The van der Waals surface area contributed by atoms with Gasteiger partial charge in [0.05, 0.1) is 87.4 Å². The van der Waals surface area contributed by atoms with Gasteiger partial charge in [0, 0.05) is 158 Å². The van der Waals surface area contributed by atoms with E-state index in [9.17, 15) is 39.6 Å². The number of nitrogens with one attached hydrogen (secondary N) is 5. The normalized spacial score (nSPS) is 16.5. The Labute approximate surface area is 676 Å². The molecule has 33 heteroatoms. The van der Waals surface area contributed by atoms with Gasteiger partial charge in [0.25, 0.3) is 0 Å². The van der Waals surface area contributed by atoms with Crippen LogP contribution in [-0.4, -0.2) is 216 Å². The first-order valence-corrected chi connectivity index (χ1v) is 43.4. The molecule has 0 unspecified atom stereocenters.